The number of halogens is 2. The fraction of sp³-hybridized carbons (Fsp3) is 0.111. The van der Waals surface area contributed by atoms with Crippen LogP contribution >= 0.6 is 0 Å². The molecule has 1 aromatic heterocycles. The van der Waals surface area contributed by atoms with Gasteiger partial charge in [0, 0.05) is 5.56 Å². The zero-order valence-electron chi connectivity index (χ0n) is 13.1. The van der Waals surface area contributed by atoms with Gasteiger partial charge < -0.3 is 5.32 Å². The second-order valence-electron chi connectivity index (χ2n) is 5.82. The Bertz CT molecular complexity index is 989. The van der Waals surface area contributed by atoms with Crippen LogP contribution in [0.4, 0.5) is 20.2 Å². The Morgan fingerprint density at radius 2 is 1.88 bits per heavy atom. The Balaban J connectivity index is 2.00. The standard InChI is InChI=1S/C18H14F2N4/c1-9-3-6-13-11(7-9)17-14(8-21-24-17)23-18(22-13)15-12(19)5-4-10(2)16(15)20/h3-8H,1-2H3,(H,21,24)(H,22,23). The molecule has 0 saturated carbocycles. The largest absolute Gasteiger partial charge is 0.336 e. The van der Waals surface area contributed by atoms with Crippen molar-refractivity contribution in [1.82, 2.24) is 10.2 Å². The summed E-state index contributed by atoms with van der Waals surface area (Å²) in [5.74, 6) is -1.16. The molecule has 1 aliphatic rings. The van der Waals surface area contributed by atoms with Gasteiger partial charge in [-0.2, -0.15) is 5.10 Å². The highest BCUT2D eigenvalue weighted by molar-refractivity contribution is 6.13. The van der Waals surface area contributed by atoms with Gasteiger partial charge in [-0.05, 0) is 37.6 Å². The van der Waals surface area contributed by atoms with Crippen LogP contribution in [0, 0.1) is 25.5 Å². The average molecular weight is 324 g/mol. The van der Waals surface area contributed by atoms with Crippen molar-refractivity contribution in [2.24, 2.45) is 4.99 Å². The molecule has 6 heteroatoms. The molecule has 2 N–H and O–H groups in total. The number of aliphatic imine (C=N–C) groups is 1. The SMILES string of the molecule is Cc1ccc2c(c1)-c1[nH]ncc1NC(c1c(F)ccc(C)c1F)=N2. The molecule has 2 heterocycles. The van der Waals surface area contributed by atoms with E-state index in [1.165, 1.54) is 12.1 Å². The minimum Gasteiger partial charge on any atom is -0.336 e. The first-order valence-corrected chi connectivity index (χ1v) is 7.49. The molecule has 0 atom stereocenters. The number of aromatic amines is 1. The Kier molecular flexibility index (Phi) is 3.19. The number of hydrogen-bond acceptors (Lipinski definition) is 3. The summed E-state index contributed by atoms with van der Waals surface area (Å²) in [6, 6.07) is 8.35. The van der Waals surface area contributed by atoms with Crippen molar-refractivity contribution in [3.63, 3.8) is 0 Å². The normalized spacial score (nSPS) is 12.8. The lowest BCUT2D eigenvalue weighted by atomic mass is 10.1. The first-order chi connectivity index (χ1) is 11.5. The topological polar surface area (TPSA) is 53.1 Å². The third-order valence-corrected chi connectivity index (χ3v) is 4.07. The van der Waals surface area contributed by atoms with Gasteiger partial charge in [0.1, 0.15) is 17.5 Å². The number of nitrogens with zero attached hydrogens (tertiary/aromatic N) is 2. The smallest absolute Gasteiger partial charge is 0.144 e. The van der Waals surface area contributed by atoms with E-state index in [1.807, 2.05) is 25.1 Å². The second-order valence-corrected chi connectivity index (χ2v) is 5.82. The summed E-state index contributed by atoms with van der Waals surface area (Å²) in [4.78, 5) is 4.48. The predicted octanol–water partition coefficient (Wildman–Crippen LogP) is 4.48. The van der Waals surface area contributed by atoms with Crippen LogP contribution in [0.5, 0.6) is 0 Å². The lowest BCUT2D eigenvalue weighted by Gasteiger charge is -2.11. The maximum Gasteiger partial charge on any atom is 0.144 e. The van der Waals surface area contributed by atoms with E-state index in [0.29, 0.717) is 16.9 Å². The molecule has 4 rings (SSSR count). The minimum absolute atomic E-state index is 0.124. The van der Waals surface area contributed by atoms with E-state index < -0.39 is 11.6 Å². The number of aromatic nitrogens is 2. The van der Waals surface area contributed by atoms with Crippen LogP contribution in [0.15, 0.2) is 41.5 Å². The molecule has 0 fully saturated rings. The molecule has 0 aliphatic carbocycles. The monoisotopic (exact) mass is 324 g/mol. The molecule has 0 radical (unpaired) electrons. The van der Waals surface area contributed by atoms with Crippen LogP contribution in [0.2, 0.25) is 0 Å². The molecule has 0 spiro atoms. The number of anilines is 1. The molecule has 24 heavy (non-hydrogen) atoms. The number of nitrogens with one attached hydrogen (secondary N) is 2. The number of aryl methyl sites for hydroxylation is 2. The summed E-state index contributed by atoms with van der Waals surface area (Å²) in [5, 5.41) is 9.96. The summed E-state index contributed by atoms with van der Waals surface area (Å²) in [5.41, 5.74) is 4.05. The van der Waals surface area contributed by atoms with Gasteiger partial charge in [0.25, 0.3) is 0 Å². The van der Waals surface area contributed by atoms with Gasteiger partial charge in [-0.3, -0.25) is 5.10 Å². The number of benzene rings is 2. The fourth-order valence-corrected chi connectivity index (χ4v) is 2.80. The van der Waals surface area contributed by atoms with Gasteiger partial charge in [0.2, 0.25) is 0 Å². The second kappa shape index (κ2) is 5.26. The van der Waals surface area contributed by atoms with E-state index in [-0.39, 0.29) is 11.4 Å². The average Bonchev–Trinajstić information content (AvgIpc) is 2.95. The summed E-state index contributed by atoms with van der Waals surface area (Å²) >= 11 is 0. The highest BCUT2D eigenvalue weighted by atomic mass is 19.1. The molecule has 0 bridgehead atoms. The van der Waals surface area contributed by atoms with Crippen LogP contribution < -0.4 is 5.32 Å². The fourth-order valence-electron chi connectivity index (χ4n) is 2.80. The van der Waals surface area contributed by atoms with E-state index in [9.17, 15) is 8.78 Å². The number of hydrogen-bond donors (Lipinski definition) is 2. The molecule has 1 aliphatic heterocycles. The first-order valence-electron chi connectivity index (χ1n) is 7.49. The number of fused-ring (bicyclic) bond motifs is 3. The zero-order valence-corrected chi connectivity index (χ0v) is 13.1. The summed E-state index contributed by atoms with van der Waals surface area (Å²) in [7, 11) is 0. The highest BCUT2D eigenvalue weighted by Gasteiger charge is 2.23. The van der Waals surface area contributed by atoms with Crippen LogP contribution in [0.3, 0.4) is 0 Å². The van der Waals surface area contributed by atoms with Crippen molar-refractivity contribution in [3.8, 4) is 11.3 Å². The van der Waals surface area contributed by atoms with Gasteiger partial charge in [-0.15, -0.1) is 0 Å². The Labute approximate surface area is 137 Å². The molecular formula is C18H14F2N4. The lowest BCUT2D eigenvalue weighted by Crippen LogP contribution is -2.17. The summed E-state index contributed by atoms with van der Waals surface area (Å²) in [6.45, 7) is 3.56. The Morgan fingerprint density at radius 3 is 2.71 bits per heavy atom. The maximum absolute atomic E-state index is 14.5. The number of rotatable bonds is 1. The van der Waals surface area contributed by atoms with Crippen molar-refractivity contribution in [2.45, 2.75) is 13.8 Å². The van der Waals surface area contributed by atoms with E-state index >= 15 is 0 Å². The summed E-state index contributed by atoms with van der Waals surface area (Å²) in [6.07, 6.45) is 1.58. The third kappa shape index (κ3) is 2.19. The number of H-pyrrole nitrogens is 1. The van der Waals surface area contributed by atoms with E-state index in [2.05, 4.69) is 20.5 Å². The van der Waals surface area contributed by atoms with Crippen molar-refractivity contribution >= 4 is 17.2 Å². The minimum atomic E-state index is -0.662. The molecular weight excluding hydrogens is 310 g/mol. The van der Waals surface area contributed by atoms with Crippen LogP contribution in [-0.2, 0) is 0 Å². The van der Waals surface area contributed by atoms with Crippen molar-refractivity contribution in [2.75, 3.05) is 5.32 Å². The van der Waals surface area contributed by atoms with E-state index in [1.54, 1.807) is 13.1 Å². The van der Waals surface area contributed by atoms with Crippen LogP contribution in [-0.4, -0.2) is 16.0 Å². The lowest BCUT2D eigenvalue weighted by molar-refractivity contribution is 0.573. The van der Waals surface area contributed by atoms with Gasteiger partial charge in [0.05, 0.1) is 28.8 Å². The maximum atomic E-state index is 14.5. The first kappa shape index (κ1) is 14.6. The molecule has 0 unspecified atom stereocenters. The number of amidine groups is 1. The predicted molar refractivity (Wildman–Crippen MR) is 89.7 cm³/mol. The summed E-state index contributed by atoms with van der Waals surface area (Å²) < 4.78 is 28.8. The van der Waals surface area contributed by atoms with Crippen molar-refractivity contribution < 1.29 is 8.78 Å². The highest BCUT2D eigenvalue weighted by Crippen LogP contribution is 2.37. The van der Waals surface area contributed by atoms with Gasteiger partial charge >= 0.3 is 0 Å². The van der Waals surface area contributed by atoms with E-state index in [0.717, 1.165) is 16.8 Å². The van der Waals surface area contributed by atoms with Gasteiger partial charge in [-0.25, -0.2) is 13.8 Å². The molecule has 120 valence electrons. The van der Waals surface area contributed by atoms with Gasteiger partial charge in [-0.1, -0.05) is 17.7 Å². The van der Waals surface area contributed by atoms with Gasteiger partial charge in [0.15, 0.2) is 0 Å². The molecule has 2 aromatic carbocycles. The van der Waals surface area contributed by atoms with Crippen molar-refractivity contribution in [1.29, 1.82) is 0 Å². The van der Waals surface area contributed by atoms with E-state index in [4.69, 9.17) is 0 Å². The van der Waals surface area contributed by atoms with Crippen LogP contribution in [0.1, 0.15) is 16.7 Å². The molecule has 4 nitrogen and oxygen atoms in total. The van der Waals surface area contributed by atoms with Crippen molar-refractivity contribution in [3.05, 3.63) is 64.9 Å². The molecule has 3 aromatic rings. The van der Waals surface area contributed by atoms with Crippen LogP contribution in [0.25, 0.3) is 11.3 Å². The Morgan fingerprint density at radius 1 is 1.04 bits per heavy atom. The Hall–Kier alpha value is -3.02. The molecule has 0 amide bonds. The third-order valence-electron chi connectivity index (χ3n) is 4.07. The quantitative estimate of drug-likeness (QED) is 0.693. The molecule has 0 saturated heterocycles. The zero-order chi connectivity index (χ0) is 16.8.